The third kappa shape index (κ3) is 7.27. The number of carbonyl (C=O) groups excluding carboxylic acids is 2. The number of aromatic nitrogens is 1. The monoisotopic (exact) mass is 523 g/mol. The minimum atomic E-state index is -0.712. The number of carbonyl (C=O) groups is 2. The number of nitriles is 2. The van der Waals surface area contributed by atoms with E-state index in [4.69, 9.17) is 10.00 Å². The molecular weight excluding hydrogens is 494 g/mol. The number of benzene rings is 1. The first kappa shape index (κ1) is 27.6. The van der Waals surface area contributed by atoms with Gasteiger partial charge in [-0.1, -0.05) is 6.07 Å². The van der Waals surface area contributed by atoms with Crippen LogP contribution in [-0.2, 0) is 20.9 Å². The molecule has 0 aliphatic carbocycles. The SMILES string of the molecule is CCn1c(=C(C#N)C(=O)NCC#N)sc(=CNc2cccc(NC(=O)CN3CC(C)OC(C)C3)c2)c1=O. The van der Waals surface area contributed by atoms with E-state index in [0.717, 1.165) is 11.3 Å². The van der Waals surface area contributed by atoms with Crippen molar-refractivity contribution in [2.24, 2.45) is 0 Å². The van der Waals surface area contributed by atoms with Crippen LogP contribution in [0.3, 0.4) is 0 Å². The summed E-state index contributed by atoms with van der Waals surface area (Å²) in [5.74, 6) is -0.846. The van der Waals surface area contributed by atoms with Gasteiger partial charge in [-0.05, 0) is 39.0 Å². The Balaban J connectivity index is 1.78. The Labute approximate surface area is 218 Å². The van der Waals surface area contributed by atoms with Crippen molar-refractivity contribution in [2.45, 2.75) is 39.5 Å². The number of morpholine rings is 1. The quantitative estimate of drug-likeness (QED) is 0.413. The van der Waals surface area contributed by atoms with Crippen LogP contribution in [0, 0.1) is 22.7 Å². The lowest BCUT2D eigenvalue weighted by atomic mass is 10.2. The second kappa shape index (κ2) is 12.8. The van der Waals surface area contributed by atoms with Crippen molar-refractivity contribution in [3.05, 3.63) is 43.8 Å². The van der Waals surface area contributed by atoms with Crippen molar-refractivity contribution in [1.29, 1.82) is 10.5 Å². The molecule has 0 saturated carbocycles. The molecule has 1 saturated heterocycles. The first-order valence-corrected chi connectivity index (χ1v) is 12.6. The van der Waals surface area contributed by atoms with Gasteiger partial charge in [0.2, 0.25) is 5.91 Å². The molecule has 3 rings (SSSR count). The maximum absolute atomic E-state index is 12.9. The predicted molar refractivity (Wildman–Crippen MR) is 141 cm³/mol. The van der Waals surface area contributed by atoms with Crippen molar-refractivity contribution in [3.63, 3.8) is 0 Å². The summed E-state index contributed by atoms with van der Waals surface area (Å²) >= 11 is 1.00. The molecule has 2 heterocycles. The van der Waals surface area contributed by atoms with E-state index in [2.05, 4.69) is 20.9 Å². The Morgan fingerprint density at radius 1 is 1.22 bits per heavy atom. The summed E-state index contributed by atoms with van der Waals surface area (Å²) in [6, 6.07) is 10.7. The van der Waals surface area contributed by atoms with Gasteiger partial charge in [-0.2, -0.15) is 10.5 Å². The van der Waals surface area contributed by atoms with Crippen molar-refractivity contribution >= 4 is 46.3 Å². The van der Waals surface area contributed by atoms with Crippen LogP contribution in [0.15, 0.2) is 29.1 Å². The second-order valence-corrected chi connectivity index (χ2v) is 9.55. The van der Waals surface area contributed by atoms with E-state index in [1.54, 1.807) is 37.3 Å². The number of nitrogens with one attached hydrogen (secondary N) is 3. The molecule has 0 spiro atoms. The highest BCUT2D eigenvalue weighted by molar-refractivity contribution is 7.07. The predicted octanol–water partition coefficient (Wildman–Crippen LogP) is 0.142. The van der Waals surface area contributed by atoms with Gasteiger partial charge in [0.15, 0.2) is 5.57 Å². The number of rotatable bonds is 8. The van der Waals surface area contributed by atoms with Gasteiger partial charge in [-0.3, -0.25) is 23.9 Å². The Hall–Kier alpha value is -3.97. The van der Waals surface area contributed by atoms with Crippen LogP contribution in [0.4, 0.5) is 11.4 Å². The second-order valence-electron chi connectivity index (χ2n) is 8.52. The standard InChI is InChI=1S/C25H29N7O4S/c1-4-32-24(35)21(37-25(32)20(11-27)23(34)28-9-8-26)12-29-18-6-5-7-19(10-18)30-22(33)15-31-13-16(2)36-17(3)14-31/h5-7,10,12,16-17,29H,4,9,13-15H2,1-3H3,(H,28,34)(H,30,33). The fourth-order valence-corrected chi connectivity index (χ4v) is 5.14. The molecule has 3 N–H and O–H groups in total. The van der Waals surface area contributed by atoms with Gasteiger partial charge < -0.3 is 20.7 Å². The van der Waals surface area contributed by atoms with Gasteiger partial charge in [-0.25, -0.2) is 0 Å². The summed E-state index contributed by atoms with van der Waals surface area (Å²) in [6.07, 6.45) is 1.65. The summed E-state index contributed by atoms with van der Waals surface area (Å²) in [4.78, 5) is 39.8. The zero-order valence-corrected chi connectivity index (χ0v) is 21.7. The van der Waals surface area contributed by atoms with Gasteiger partial charge in [-0.15, -0.1) is 11.3 Å². The van der Waals surface area contributed by atoms with Gasteiger partial charge >= 0.3 is 0 Å². The molecule has 2 amide bonds. The summed E-state index contributed by atoms with van der Waals surface area (Å²) in [5.41, 5.74) is 0.659. The minimum Gasteiger partial charge on any atom is -0.373 e. The molecule has 0 radical (unpaired) electrons. The average Bonchev–Trinajstić information content (AvgIpc) is 3.16. The van der Waals surface area contributed by atoms with Crippen LogP contribution in [0.5, 0.6) is 0 Å². The zero-order valence-electron chi connectivity index (χ0n) is 20.9. The number of nitrogens with zero attached hydrogens (tertiary/aromatic N) is 4. The van der Waals surface area contributed by atoms with E-state index in [9.17, 15) is 19.6 Å². The molecular formula is C25H29N7O4S. The highest BCUT2D eigenvalue weighted by Crippen LogP contribution is 2.16. The average molecular weight is 524 g/mol. The maximum atomic E-state index is 12.9. The molecule has 194 valence electrons. The van der Waals surface area contributed by atoms with E-state index in [0.29, 0.717) is 29.0 Å². The molecule has 11 nitrogen and oxygen atoms in total. The van der Waals surface area contributed by atoms with Gasteiger partial charge in [0, 0.05) is 37.2 Å². The zero-order chi connectivity index (χ0) is 26.9. The molecule has 1 aromatic carbocycles. The molecule has 12 heteroatoms. The first-order valence-electron chi connectivity index (χ1n) is 11.8. The van der Waals surface area contributed by atoms with Crippen molar-refractivity contribution in [3.8, 4) is 12.1 Å². The van der Waals surface area contributed by atoms with Gasteiger partial charge in [0.25, 0.3) is 11.5 Å². The van der Waals surface area contributed by atoms with E-state index in [-0.39, 0.29) is 53.5 Å². The molecule has 1 aliphatic rings. The molecule has 2 aromatic rings. The Kier molecular flexibility index (Phi) is 9.57. The molecule has 2 atom stereocenters. The molecule has 2 unspecified atom stereocenters. The van der Waals surface area contributed by atoms with Crippen molar-refractivity contribution < 1.29 is 14.3 Å². The van der Waals surface area contributed by atoms with E-state index >= 15 is 0 Å². The van der Waals surface area contributed by atoms with Crippen LogP contribution >= 0.6 is 11.3 Å². The van der Waals surface area contributed by atoms with Crippen molar-refractivity contribution in [1.82, 2.24) is 14.8 Å². The topological polar surface area (TPSA) is 152 Å². The maximum Gasteiger partial charge on any atom is 0.270 e. The van der Waals surface area contributed by atoms with Crippen LogP contribution in [0.2, 0.25) is 0 Å². The highest BCUT2D eigenvalue weighted by Gasteiger charge is 2.23. The molecule has 0 bridgehead atoms. The normalized spacial score (nSPS) is 18.9. The largest absolute Gasteiger partial charge is 0.373 e. The van der Waals surface area contributed by atoms with Crippen LogP contribution in [0.1, 0.15) is 20.8 Å². The summed E-state index contributed by atoms with van der Waals surface area (Å²) in [7, 11) is 0. The fraction of sp³-hybridized carbons (Fsp3) is 0.400. The summed E-state index contributed by atoms with van der Waals surface area (Å²) in [6.45, 7) is 7.37. The van der Waals surface area contributed by atoms with E-state index in [1.165, 1.54) is 10.8 Å². The Morgan fingerprint density at radius 2 is 1.92 bits per heavy atom. The smallest absolute Gasteiger partial charge is 0.270 e. The third-order valence-corrected chi connectivity index (χ3v) is 6.61. The third-order valence-electron chi connectivity index (χ3n) is 5.48. The number of anilines is 2. The Morgan fingerprint density at radius 3 is 2.57 bits per heavy atom. The van der Waals surface area contributed by atoms with E-state index < -0.39 is 5.91 Å². The van der Waals surface area contributed by atoms with Crippen LogP contribution in [0.25, 0.3) is 11.8 Å². The van der Waals surface area contributed by atoms with Gasteiger partial charge in [0.05, 0.1) is 24.8 Å². The van der Waals surface area contributed by atoms with Crippen LogP contribution < -0.4 is 30.7 Å². The molecule has 37 heavy (non-hydrogen) atoms. The number of hydrogen-bond acceptors (Lipinski definition) is 9. The van der Waals surface area contributed by atoms with Gasteiger partial charge in [0.1, 0.15) is 21.8 Å². The minimum absolute atomic E-state index is 0.0726. The number of ether oxygens (including phenoxy) is 1. The van der Waals surface area contributed by atoms with Crippen molar-refractivity contribution in [2.75, 3.05) is 36.8 Å². The lowest BCUT2D eigenvalue weighted by molar-refractivity contribution is -0.121. The number of hydrogen-bond donors (Lipinski definition) is 3. The first-order chi connectivity index (χ1) is 17.7. The lowest BCUT2D eigenvalue weighted by Crippen LogP contribution is -2.48. The summed E-state index contributed by atoms with van der Waals surface area (Å²) in [5, 5.41) is 26.5. The number of thiazole rings is 1. The lowest BCUT2D eigenvalue weighted by Gasteiger charge is -2.34. The highest BCUT2D eigenvalue weighted by atomic mass is 32.1. The fourth-order valence-electron chi connectivity index (χ4n) is 4.05. The van der Waals surface area contributed by atoms with E-state index in [1.807, 2.05) is 19.9 Å². The molecule has 1 aromatic heterocycles. The Bertz CT molecular complexity index is 1410. The number of amides is 2. The summed E-state index contributed by atoms with van der Waals surface area (Å²) < 4.78 is 7.56. The molecule has 1 fully saturated rings. The van der Waals surface area contributed by atoms with Crippen LogP contribution in [-0.4, -0.2) is 59.7 Å². The molecule has 1 aliphatic heterocycles.